The number of hydrogen-bond acceptors (Lipinski definition) is 2. The summed E-state index contributed by atoms with van der Waals surface area (Å²) in [7, 11) is 0. The highest BCUT2D eigenvalue weighted by Gasteiger charge is 2.62. The van der Waals surface area contributed by atoms with Gasteiger partial charge in [0.05, 0.1) is 11.5 Å². The smallest absolute Gasteiger partial charge is 0.253 e. The number of carbonyl (C=O) groups excluding carboxylic acids is 2. The molecule has 1 spiro atoms. The zero-order chi connectivity index (χ0) is 22.3. The number of likely N-dealkylation sites (tertiary alicyclic amines) is 1. The summed E-state index contributed by atoms with van der Waals surface area (Å²) in [5.74, 6) is -0.971. The number of carbonyl (C=O) groups is 2. The van der Waals surface area contributed by atoms with Crippen LogP contribution < -0.4 is 4.90 Å². The van der Waals surface area contributed by atoms with Crippen LogP contribution in [0.4, 0.5) is 14.5 Å². The molecule has 6 heteroatoms. The van der Waals surface area contributed by atoms with E-state index in [1.165, 1.54) is 36.4 Å². The SMILES string of the molecule is O=C(c1ccc(F)cc1)N1CCC2(CC1)C(=O)N(c1cccc(F)c1)C2c1ccccc1. The van der Waals surface area contributed by atoms with Crippen molar-refractivity contribution in [1.82, 2.24) is 4.90 Å². The quantitative estimate of drug-likeness (QED) is 0.548. The van der Waals surface area contributed by atoms with Crippen LogP contribution in [0.15, 0.2) is 78.9 Å². The summed E-state index contributed by atoms with van der Waals surface area (Å²) >= 11 is 0. The molecular weight excluding hydrogens is 410 g/mol. The molecule has 2 saturated heterocycles. The van der Waals surface area contributed by atoms with Gasteiger partial charge in [-0.2, -0.15) is 0 Å². The molecule has 32 heavy (non-hydrogen) atoms. The van der Waals surface area contributed by atoms with Crippen molar-refractivity contribution < 1.29 is 18.4 Å². The molecule has 0 bridgehead atoms. The molecule has 2 fully saturated rings. The standard InChI is InChI=1S/C26H22F2N2O2/c27-20-11-9-19(10-12-20)24(31)29-15-13-26(14-16-29)23(18-5-2-1-3-6-18)30(25(26)32)22-8-4-7-21(28)17-22/h1-12,17,23H,13-16H2. The normalized spacial score (nSPS) is 19.7. The number of amides is 2. The number of benzene rings is 3. The fraction of sp³-hybridized carbons (Fsp3) is 0.231. The minimum atomic E-state index is -0.632. The number of hydrogen-bond donors (Lipinski definition) is 0. The van der Waals surface area contributed by atoms with Gasteiger partial charge in [0.2, 0.25) is 5.91 Å². The molecular formula is C26H22F2N2O2. The van der Waals surface area contributed by atoms with Gasteiger partial charge in [0.25, 0.3) is 5.91 Å². The summed E-state index contributed by atoms with van der Waals surface area (Å²) in [5, 5.41) is 0. The number of anilines is 1. The van der Waals surface area contributed by atoms with Crippen molar-refractivity contribution in [1.29, 1.82) is 0 Å². The van der Waals surface area contributed by atoms with E-state index in [0.29, 0.717) is 37.2 Å². The molecule has 2 aliphatic heterocycles. The highest BCUT2D eigenvalue weighted by molar-refractivity contribution is 6.06. The Morgan fingerprint density at radius 1 is 0.844 bits per heavy atom. The van der Waals surface area contributed by atoms with E-state index >= 15 is 0 Å². The summed E-state index contributed by atoms with van der Waals surface area (Å²) in [5.41, 5.74) is 1.34. The van der Waals surface area contributed by atoms with Gasteiger partial charge in [0.15, 0.2) is 0 Å². The second-order valence-electron chi connectivity index (χ2n) is 8.42. The molecule has 2 amide bonds. The molecule has 2 heterocycles. The second-order valence-corrected chi connectivity index (χ2v) is 8.42. The molecule has 0 saturated carbocycles. The lowest BCUT2D eigenvalue weighted by molar-refractivity contribution is -0.144. The highest BCUT2D eigenvalue weighted by atomic mass is 19.1. The van der Waals surface area contributed by atoms with Gasteiger partial charge in [-0.1, -0.05) is 36.4 Å². The zero-order valence-electron chi connectivity index (χ0n) is 17.4. The van der Waals surface area contributed by atoms with Crippen LogP contribution in [0.5, 0.6) is 0 Å². The first-order valence-electron chi connectivity index (χ1n) is 10.7. The highest BCUT2D eigenvalue weighted by Crippen LogP contribution is 2.57. The van der Waals surface area contributed by atoms with Crippen molar-refractivity contribution in [3.05, 3.63) is 102 Å². The van der Waals surface area contributed by atoms with Gasteiger partial charge >= 0.3 is 0 Å². The third-order valence-corrected chi connectivity index (χ3v) is 6.66. The summed E-state index contributed by atoms with van der Waals surface area (Å²) < 4.78 is 27.1. The Bertz CT molecular complexity index is 1160. The number of nitrogens with zero attached hydrogens (tertiary/aromatic N) is 2. The first-order chi connectivity index (χ1) is 15.5. The lowest BCUT2D eigenvalue weighted by atomic mass is 9.62. The minimum absolute atomic E-state index is 0.0363. The number of halogens is 2. The maximum absolute atomic E-state index is 13.9. The van der Waals surface area contributed by atoms with Gasteiger partial charge in [-0.3, -0.25) is 9.59 Å². The summed E-state index contributed by atoms with van der Waals surface area (Å²) in [6, 6.07) is 21.2. The van der Waals surface area contributed by atoms with Crippen LogP contribution in [0.25, 0.3) is 0 Å². The van der Waals surface area contributed by atoms with Crippen molar-refractivity contribution in [3.8, 4) is 0 Å². The van der Waals surface area contributed by atoms with E-state index in [-0.39, 0.29) is 29.5 Å². The van der Waals surface area contributed by atoms with Crippen molar-refractivity contribution in [2.45, 2.75) is 18.9 Å². The van der Waals surface area contributed by atoms with Crippen LogP contribution in [-0.4, -0.2) is 29.8 Å². The van der Waals surface area contributed by atoms with E-state index in [4.69, 9.17) is 0 Å². The Balaban J connectivity index is 1.42. The second kappa shape index (κ2) is 7.86. The Labute approximate surface area is 185 Å². The van der Waals surface area contributed by atoms with Crippen molar-refractivity contribution in [2.24, 2.45) is 5.41 Å². The van der Waals surface area contributed by atoms with Crippen molar-refractivity contribution in [2.75, 3.05) is 18.0 Å². The largest absolute Gasteiger partial charge is 0.339 e. The number of rotatable bonds is 3. The van der Waals surface area contributed by atoms with Crippen LogP contribution in [0.2, 0.25) is 0 Å². The molecule has 1 atom stereocenters. The molecule has 1 unspecified atom stereocenters. The van der Waals surface area contributed by atoms with E-state index in [9.17, 15) is 18.4 Å². The Morgan fingerprint density at radius 3 is 2.19 bits per heavy atom. The topological polar surface area (TPSA) is 40.6 Å². The molecule has 3 aromatic carbocycles. The Kier molecular flexibility index (Phi) is 5.00. The summed E-state index contributed by atoms with van der Waals surface area (Å²) in [4.78, 5) is 29.7. The lowest BCUT2D eigenvalue weighted by Gasteiger charge is -2.59. The van der Waals surface area contributed by atoms with Crippen LogP contribution in [0, 0.1) is 17.0 Å². The molecule has 3 aromatic rings. The fourth-order valence-corrected chi connectivity index (χ4v) is 5.02. The average molecular weight is 432 g/mol. The lowest BCUT2D eigenvalue weighted by Crippen LogP contribution is -2.67. The van der Waals surface area contributed by atoms with Gasteiger partial charge in [-0.15, -0.1) is 0 Å². The molecule has 2 aliphatic rings. The van der Waals surface area contributed by atoms with E-state index in [1.807, 2.05) is 30.3 Å². The summed E-state index contributed by atoms with van der Waals surface area (Å²) in [6.07, 6.45) is 1.04. The maximum atomic E-state index is 13.9. The number of β-lactam (4-membered cyclic amide) rings is 1. The van der Waals surface area contributed by atoms with Gasteiger partial charge in [0.1, 0.15) is 11.6 Å². The predicted molar refractivity (Wildman–Crippen MR) is 117 cm³/mol. The molecule has 162 valence electrons. The molecule has 0 N–H and O–H groups in total. The predicted octanol–water partition coefficient (Wildman–Crippen LogP) is 4.98. The Hall–Kier alpha value is -3.54. The fourth-order valence-electron chi connectivity index (χ4n) is 5.02. The number of piperidine rings is 1. The molecule has 0 radical (unpaired) electrons. The van der Waals surface area contributed by atoms with Crippen molar-refractivity contribution in [3.63, 3.8) is 0 Å². The Morgan fingerprint density at radius 2 is 1.53 bits per heavy atom. The van der Waals surface area contributed by atoms with Crippen LogP contribution in [-0.2, 0) is 4.79 Å². The first-order valence-corrected chi connectivity index (χ1v) is 10.7. The van der Waals surface area contributed by atoms with Gasteiger partial charge in [-0.05, 0) is 60.9 Å². The van der Waals surface area contributed by atoms with E-state index < -0.39 is 5.41 Å². The van der Waals surface area contributed by atoms with E-state index in [0.717, 1.165) is 5.56 Å². The molecule has 4 nitrogen and oxygen atoms in total. The first kappa shape index (κ1) is 20.4. The minimum Gasteiger partial charge on any atom is -0.339 e. The molecule has 0 aromatic heterocycles. The third kappa shape index (κ3) is 3.27. The monoisotopic (exact) mass is 432 g/mol. The molecule has 0 aliphatic carbocycles. The van der Waals surface area contributed by atoms with E-state index in [1.54, 1.807) is 21.9 Å². The van der Waals surface area contributed by atoms with Crippen molar-refractivity contribution >= 4 is 17.5 Å². The van der Waals surface area contributed by atoms with Crippen LogP contribution in [0.1, 0.15) is 34.8 Å². The van der Waals surface area contributed by atoms with Gasteiger partial charge in [0, 0.05) is 24.3 Å². The van der Waals surface area contributed by atoms with Crippen LogP contribution in [0.3, 0.4) is 0 Å². The third-order valence-electron chi connectivity index (χ3n) is 6.66. The summed E-state index contributed by atoms with van der Waals surface area (Å²) in [6.45, 7) is 0.866. The zero-order valence-corrected chi connectivity index (χ0v) is 17.4. The van der Waals surface area contributed by atoms with Crippen LogP contribution >= 0.6 is 0 Å². The van der Waals surface area contributed by atoms with Gasteiger partial charge in [-0.25, -0.2) is 8.78 Å². The average Bonchev–Trinajstić information content (AvgIpc) is 2.82. The maximum Gasteiger partial charge on any atom is 0.253 e. The van der Waals surface area contributed by atoms with Gasteiger partial charge < -0.3 is 9.80 Å². The molecule has 5 rings (SSSR count). The van der Waals surface area contributed by atoms with E-state index in [2.05, 4.69) is 0 Å².